The molecule has 3 heterocycles. The maximum Gasteiger partial charge on any atom is 0.194 e. The van der Waals surface area contributed by atoms with Gasteiger partial charge in [0, 0.05) is 64.4 Å². The summed E-state index contributed by atoms with van der Waals surface area (Å²) in [7, 11) is 0. The molecule has 1 aromatic carbocycles. The molecule has 6 nitrogen and oxygen atoms in total. The van der Waals surface area contributed by atoms with E-state index in [0.717, 1.165) is 51.9 Å². The van der Waals surface area contributed by atoms with Crippen molar-refractivity contribution in [1.29, 1.82) is 0 Å². The van der Waals surface area contributed by atoms with E-state index < -0.39 is 0 Å². The molecule has 1 aromatic rings. The van der Waals surface area contributed by atoms with Gasteiger partial charge in [-0.25, -0.2) is 4.99 Å². The minimum absolute atomic E-state index is 0.362. The number of nitrogens with one attached hydrogen (secondary N) is 1. The highest BCUT2D eigenvalue weighted by Crippen LogP contribution is 2.38. The normalized spacial score (nSPS) is 26.1. The summed E-state index contributed by atoms with van der Waals surface area (Å²) in [5, 5.41) is 3.50. The summed E-state index contributed by atoms with van der Waals surface area (Å²) in [4.78, 5) is 12.5. The summed E-state index contributed by atoms with van der Waals surface area (Å²) in [5.74, 6) is 1.05. The first-order valence-electron chi connectivity index (χ1n) is 11.8. The number of guanidine groups is 1. The van der Waals surface area contributed by atoms with Gasteiger partial charge in [0.1, 0.15) is 0 Å². The Hall–Kier alpha value is -1.63. The van der Waals surface area contributed by atoms with Crippen LogP contribution in [-0.4, -0.2) is 86.2 Å². The van der Waals surface area contributed by atoms with Crippen molar-refractivity contribution in [3.05, 3.63) is 35.4 Å². The minimum Gasteiger partial charge on any atom is -0.381 e. The van der Waals surface area contributed by atoms with Gasteiger partial charge in [-0.15, -0.1) is 0 Å². The molecule has 4 rings (SSSR count). The van der Waals surface area contributed by atoms with Gasteiger partial charge in [0.25, 0.3) is 0 Å². The number of benzene rings is 1. The van der Waals surface area contributed by atoms with Gasteiger partial charge in [-0.3, -0.25) is 4.90 Å². The molecule has 3 aliphatic rings. The van der Waals surface area contributed by atoms with E-state index in [-0.39, 0.29) is 0 Å². The number of hydrogen-bond donors (Lipinski definition) is 1. The highest BCUT2D eigenvalue weighted by atomic mass is 16.5. The minimum atomic E-state index is 0.362. The van der Waals surface area contributed by atoms with Crippen LogP contribution in [0.5, 0.6) is 0 Å². The largest absolute Gasteiger partial charge is 0.381 e. The lowest BCUT2D eigenvalue weighted by atomic mass is 9.87. The Morgan fingerprint density at radius 2 is 1.73 bits per heavy atom. The monoisotopic (exact) mass is 413 g/mol. The quantitative estimate of drug-likeness (QED) is 0.573. The van der Waals surface area contributed by atoms with E-state index in [1.807, 2.05) is 0 Å². The zero-order valence-electron chi connectivity index (χ0n) is 18.9. The maximum atomic E-state index is 5.68. The topological polar surface area (TPSA) is 43.3 Å². The third kappa shape index (κ3) is 5.34. The molecule has 0 aromatic heterocycles. The molecule has 0 aliphatic carbocycles. The number of likely N-dealkylation sites (N-methyl/N-ethyl adjacent to an activating group) is 1. The van der Waals surface area contributed by atoms with Gasteiger partial charge in [0.15, 0.2) is 5.96 Å². The first kappa shape index (κ1) is 21.6. The highest BCUT2D eigenvalue weighted by Gasteiger charge is 2.42. The van der Waals surface area contributed by atoms with Crippen molar-refractivity contribution in [2.45, 2.75) is 39.8 Å². The maximum absolute atomic E-state index is 5.68. The molecule has 1 atom stereocenters. The summed E-state index contributed by atoms with van der Waals surface area (Å²) in [5.41, 5.74) is 3.05. The first-order valence-corrected chi connectivity index (χ1v) is 11.8. The molecule has 30 heavy (non-hydrogen) atoms. The van der Waals surface area contributed by atoms with Gasteiger partial charge in [0.05, 0.1) is 13.2 Å². The van der Waals surface area contributed by atoms with E-state index in [1.54, 1.807) is 0 Å². The lowest BCUT2D eigenvalue weighted by Crippen LogP contribution is -2.45. The Morgan fingerprint density at radius 3 is 2.40 bits per heavy atom. The fraction of sp³-hybridized carbons (Fsp3) is 0.708. The van der Waals surface area contributed by atoms with Crippen molar-refractivity contribution < 1.29 is 4.74 Å². The van der Waals surface area contributed by atoms with Gasteiger partial charge < -0.3 is 19.9 Å². The van der Waals surface area contributed by atoms with E-state index in [4.69, 9.17) is 9.73 Å². The molecule has 1 unspecified atom stereocenters. The Balaban J connectivity index is 1.31. The Kier molecular flexibility index (Phi) is 7.28. The van der Waals surface area contributed by atoms with E-state index >= 15 is 0 Å². The standard InChI is InChI=1S/C24H39N5O/c1-3-25-23(29-11-9-24(19-29)10-16-30-20-24)26-17-21-5-7-22(8-6-21)18-28-14-12-27(4-2)13-15-28/h5-8H,3-4,9-20H2,1-2H3,(H,25,26). The van der Waals surface area contributed by atoms with E-state index in [9.17, 15) is 0 Å². The highest BCUT2D eigenvalue weighted by molar-refractivity contribution is 5.80. The molecular formula is C24H39N5O. The van der Waals surface area contributed by atoms with Crippen LogP contribution in [0, 0.1) is 5.41 Å². The fourth-order valence-corrected chi connectivity index (χ4v) is 4.95. The summed E-state index contributed by atoms with van der Waals surface area (Å²) in [6, 6.07) is 9.07. The third-order valence-corrected chi connectivity index (χ3v) is 7.01. The van der Waals surface area contributed by atoms with Crippen molar-refractivity contribution in [2.24, 2.45) is 10.4 Å². The third-order valence-electron chi connectivity index (χ3n) is 7.01. The van der Waals surface area contributed by atoms with E-state index in [2.05, 4.69) is 58.1 Å². The van der Waals surface area contributed by atoms with Gasteiger partial charge in [-0.1, -0.05) is 31.2 Å². The van der Waals surface area contributed by atoms with E-state index in [0.29, 0.717) is 5.41 Å². The lowest BCUT2D eigenvalue weighted by molar-refractivity contribution is 0.132. The molecule has 1 spiro atoms. The smallest absolute Gasteiger partial charge is 0.194 e. The summed E-state index contributed by atoms with van der Waals surface area (Å²) in [6.45, 7) is 17.0. The second kappa shape index (κ2) is 10.1. The van der Waals surface area contributed by atoms with Crippen LogP contribution in [-0.2, 0) is 17.8 Å². The van der Waals surface area contributed by atoms with Crippen LogP contribution < -0.4 is 5.32 Å². The zero-order valence-corrected chi connectivity index (χ0v) is 18.9. The Labute approximate surface area is 182 Å². The fourth-order valence-electron chi connectivity index (χ4n) is 4.95. The second-order valence-electron chi connectivity index (χ2n) is 9.17. The second-order valence-corrected chi connectivity index (χ2v) is 9.17. The molecule has 6 heteroatoms. The molecule has 1 N–H and O–H groups in total. The van der Waals surface area contributed by atoms with Crippen LogP contribution >= 0.6 is 0 Å². The summed E-state index contributed by atoms with van der Waals surface area (Å²) >= 11 is 0. The number of aliphatic imine (C=N–C) groups is 1. The molecule has 0 amide bonds. The molecule has 3 aliphatic heterocycles. The predicted octanol–water partition coefficient (Wildman–Crippen LogP) is 2.40. The van der Waals surface area contributed by atoms with Crippen LogP contribution in [0.15, 0.2) is 29.3 Å². The van der Waals surface area contributed by atoms with Gasteiger partial charge in [0.2, 0.25) is 0 Å². The molecule has 0 bridgehead atoms. The number of hydrogen-bond acceptors (Lipinski definition) is 4. The molecule has 0 saturated carbocycles. The first-order chi connectivity index (χ1) is 14.7. The molecule has 3 saturated heterocycles. The van der Waals surface area contributed by atoms with Crippen LogP contribution in [0.2, 0.25) is 0 Å². The number of nitrogens with zero attached hydrogens (tertiary/aromatic N) is 4. The Bertz CT molecular complexity index is 690. The molecule has 3 fully saturated rings. The summed E-state index contributed by atoms with van der Waals surface area (Å²) < 4.78 is 5.68. The number of piperazine rings is 1. The number of ether oxygens (including phenoxy) is 1. The van der Waals surface area contributed by atoms with Gasteiger partial charge in [-0.2, -0.15) is 0 Å². The average molecular weight is 414 g/mol. The molecule has 166 valence electrons. The van der Waals surface area contributed by atoms with E-state index in [1.165, 1.54) is 56.7 Å². The number of rotatable bonds is 6. The van der Waals surface area contributed by atoms with Gasteiger partial charge >= 0.3 is 0 Å². The SMILES string of the molecule is CCNC(=NCc1ccc(CN2CCN(CC)CC2)cc1)N1CCC2(CCOC2)C1. The van der Waals surface area contributed by atoms with Crippen molar-refractivity contribution in [3.63, 3.8) is 0 Å². The molecule has 0 radical (unpaired) electrons. The van der Waals surface area contributed by atoms with Crippen molar-refractivity contribution in [1.82, 2.24) is 20.0 Å². The van der Waals surface area contributed by atoms with Crippen LogP contribution in [0.4, 0.5) is 0 Å². The van der Waals surface area contributed by atoms with Crippen molar-refractivity contribution >= 4 is 5.96 Å². The molecular weight excluding hydrogens is 374 g/mol. The Morgan fingerprint density at radius 1 is 1.00 bits per heavy atom. The van der Waals surface area contributed by atoms with Crippen molar-refractivity contribution in [2.75, 3.05) is 65.6 Å². The van der Waals surface area contributed by atoms with Gasteiger partial charge in [-0.05, 0) is 37.4 Å². The predicted molar refractivity (Wildman–Crippen MR) is 123 cm³/mol. The zero-order chi connectivity index (χ0) is 20.8. The number of likely N-dealkylation sites (tertiary alicyclic amines) is 1. The summed E-state index contributed by atoms with van der Waals surface area (Å²) in [6.07, 6.45) is 2.41. The van der Waals surface area contributed by atoms with Crippen molar-refractivity contribution in [3.8, 4) is 0 Å². The van der Waals surface area contributed by atoms with Crippen LogP contribution in [0.1, 0.15) is 37.8 Å². The van der Waals surface area contributed by atoms with Crippen LogP contribution in [0.3, 0.4) is 0 Å². The van der Waals surface area contributed by atoms with Crippen LogP contribution in [0.25, 0.3) is 0 Å². The average Bonchev–Trinajstić information content (AvgIpc) is 3.42. The lowest BCUT2D eigenvalue weighted by Gasteiger charge is -2.34.